The highest BCUT2D eigenvalue weighted by atomic mass is 79.9. The lowest BCUT2D eigenvalue weighted by Gasteiger charge is -2.14. The molecule has 210 valence electrons. The lowest BCUT2D eigenvalue weighted by molar-refractivity contribution is -0.146. The third-order valence-corrected chi connectivity index (χ3v) is 5.70. The predicted octanol–water partition coefficient (Wildman–Crippen LogP) is 6.19. The van der Waals surface area contributed by atoms with Crippen LogP contribution in [0, 0.1) is 0 Å². The van der Waals surface area contributed by atoms with Gasteiger partial charge in [-0.3, -0.25) is 19.2 Å². The minimum absolute atomic E-state index is 0.248. The maximum absolute atomic E-state index is 11.8. The molecule has 36 heavy (non-hydrogen) atoms. The maximum Gasteiger partial charge on any atom is 0.322 e. The Kier molecular flexibility index (Phi) is 19.2. The molecule has 0 unspecified atom stereocenters. The fourth-order valence-electron chi connectivity index (χ4n) is 2.84. The molecule has 0 amide bonds. The van der Waals surface area contributed by atoms with Crippen LogP contribution in [0.1, 0.15) is 105 Å². The summed E-state index contributed by atoms with van der Waals surface area (Å²) >= 11 is 6.52. The van der Waals surface area contributed by atoms with Crippen LogP contribution in [0.2, 0.25) is 0 Å². The van der Waals surface area contributed by atoms with E-state index in [0.717, 1.165) is 51.4 Å². The van der Waals surface area contributed by atoms with E-state index in [1.54, 1.807) is 27.7 Å². The van der Waals surface area contributed by atoms with Crippen molar-refractivity contribution in [2.45, 2.75) is 113 Å². The summed E-state index contributed by atoms with van der Waals surface area (Å²) in [7, 11) is 0. The standard InChI is InChI=1S/C26H44Br2O8/c1-25(2,27)23(31)35-19-13-7-5-11-17-33-21(29)15-9-10-16-22(30)34-18-12-6-8-14-20-36-24(32)26(3,4)28/h5-20H2,1-4H3. The largest absolute Gasteiger partial charge is 0.466 e. The zero-order valence-electron chi connectivity index (χ0n) is 22.3. The van der Waals surface area contributed by atoms with Gasteiger partial charge in [-0.15, -0.1) is 0 Å². The summed E-state index contributed by atoms with van der Waals surface area (Å²) in [5, 5.41) is 0. The lowest BCUT2D eigenvalue weighted by Crippen LogP contribution is -2.26. The molecule has 0 aromatic carbocycles. The first kappa shape index (κ1) is 34.8. The lowest BCUT2D eigenvalue weighted by atomic mass is 10.2. The average Bonchev–Trinajstić information content (AvgIpc) is 2.78. The Morgan fingerprint density at radius 2 is 0.750 bits per heavy atom. The number of esters is 4. The van der Waals surface area contributed by atoms with Crippen LogP contribution in [-0.2, 0) is 38.1 Å². The minimum atomic E-state index is -0.659. The quantitative estimate of drug-likeness (QED) is 0.0631. The van der Waals surface area contributed by atoms with Crippen molar-refractivity contribution < 1.29 is 38.1 Å². The van der Waals surface area contributed by atoms with Crippen LogP contribution in [-0.4, -0.2) is 59.0 Å². The number of ether oxygens (including phenoxy) is 4. The molecule has 0 aliphatic rings. The second-order valence-electron chi connectivity index (χ2n) is 9.69. The van der Waals surface area contributed by atoms with E-state index in [1.165, 1.54) is 0 Å². The summed E-state index contributed by atoms with van der Waals surface area (Å²) in [4.78, 5) is 46.7. The third-order valence-electron chi connectivity index (χ3n) is 5.05. The Morgan fingerprint density at radius 1 is 0.472 bits per heavy atom. The zero-order chi connectivity index (χ0) is 27.5. The molecular weight excluding hydrogens is 600 g/mol. The van der Waals surface area contributed by atoms with E-state index in [-0.39, 0.29) is 23.9 Å². The normalized spacial score (nSPS) is 11.6. The molecule has 10 heteroatoms. The van der Waals surface area contributed by atoms with E-state index < -0.39 is 8.65 Å². The molecule has 0 saturated heterocycles. The van der Waals surface area contributed by atoms with Crippen molar-refractivity contribution in [2.24, 2.45) is 0 Å². The van der Waals surface area contributed by atoms with Crippen LogP contribution in [0.4, 0.5) is 0 Å². The molecule has 0 N–H and O–H groups in total. The third kappa shape index (κ3) is 21.0. The molecule has 8 nitrogen and oxygen atoms in total. The molecule has 0 aromatic rings. The van der Waals surface area contributed by atoms with Crippen molar-refractivity contribution >= 4 is 55.7 Å². The molecule has 0 heterocycles. The Labute approximate surface area is 233 Å². The number of rotatable bonds is 21. The van der Waals surface area contributed by atoms with Crippen LogP contribution in [0.3, 0.4) is 0 Å². The van der Waals surface area contributed by atoms with Gasteiger partial charge in [0, 0.05) is 12.8 Å². The zero-order valence-corrected chi connectivity index (χ0v) is 25.5. The molecule has 0 saturated carbocycles. The molecule has 0 aliphatic heterocycles. The smallest absolute Gasteiger partial charge is 0.322 e. The molecule has 0 aromatic heterocycles. The van der Waals surface area contributed by atoms with Crippen molar-refractivity contribution in [3.63, 3.8) is 0 Å². The van der Waals surface area contributed by atoms with E-state index in [0.29, 0.717) is 52.1 Å². The first-order valence-electron chi connectivity index (χ1n) is 12.9. The van der Waals surface area contributed by atoms with Gasteiger partial charge in [-0.25, -0.2) is 0 Å². The summed E-state index contributed by atoms with van der Waals surface area (Å²) in [6.07, 6.45) is 8.49. The van der Waals surface area contributed by atoms with Gasteiger partial charge < -0.3 is 18.9 Å². The SMILES string of the molecule is CC(C)(Br)C(=O)OCCCCCCOC(=O)CCCCC(=O)OCCCCCCOC(=O)C(C)(C)Br. The highest BCUT2D eigenvalue weighted by Gasteiger charge is 2.25. The second-order valence-corrected chi connectivity index (χ2v) is 13.7. The molecule has 0 fully saturated rings. The summed E-state index contributed by atoms with van der Waals surface area (Å²) in [6.45, 7) is 8.54. The molecule has 0 rings (SSSR count). The summed E-state index contributed by atoms with van der Waals surface area (Å²) in [6, 6.07) is 0. The molecule has 0 bridgehead atoms. The van der Waals surface area contributed by atoms with Gasteiger partial charge in [-0.2, -0.15) is 0 Å². The monoisotopic (exact) mass is 642 g/mol. The number of unbranched alkanes of at least 4 members (excludes halogenated alkanes) is 7. The van der Waals surface area contributed by atoms with Gasteiger partial charge in [0.2, 0.25) is 0 Å². The van der Waals surface area contributed by atoms with Crippen molar-refractivity contribution in [2.75, 3.05) is 26.4 Å². The number of hydrogen-bond donors (Lipinski definition) is 0. The number of carbonyl (C=O) groups is 4. The van der Waals surface area contributed by atoms with E-state index >= 15 is 0 Å². The van der Waals surface area contributed by atoms with E-state index in [2.05, 4.69) is 31.9 Å². The summed E-state index contributed by atoms with van der Waals surface area (Å²) < 4.78 is 19.4. The van der Waals surface area contributed by atoms with Gasteiger partial charge >= 0.3 is 23.9 Å². The molecule has 0 spiro atoms. The van der Waals surface area contributed by atoms with Crippen molar-refractivity contribution in [3.8, 4) is 0 Å². The van der Waals surface area contributed by atoms with Crippen LogP contribution in [0.5, 0.6) is 0 Å². The van der Waals surface area contributed by atoms with Crippen LogP contribution in [0.15, 0.2) is 0 Å². The predicted molar refractivity (Wildman–Crippen MR) is 145 cm³/mol. The van der Waals surface area contributed by atoms with Gasteiger partial charge in [0.15, 0.2) is 0 Å². The number of hydrogen-bond acceptors (Lipinski definition) is 8. The molecular formula is C26H44Br2O8. The topological polar surface area (TPSA) is 105 Å². The Morgan fingerprint density at radius 3 is 1.03 bits per heavy atom. The molecule has 0 atom stereocenters. The fraction of sp³-hybridized carbons (Fsp3) is 0.846. The van der Waals surface area contributed by atoms with E-state index in [9.17, 15) is 19.2 Å². The van der Waals surface area contributed by atoms with E-state index in [1.807, 2.05) is 0 Å². The Bertz CT molecular complexity index is 597. The van der Waals surface area contributed by atoms with Crippen molar-refractivity contribution in [1.82, 2.24) is 0 Å². The average molecular weight is 644 g/mol. The summed E-state index contributed by atoms with van der Waals surface area (Å²) in [5.74, 6) is -1.04. The Hall–Kier alpha value is -1.16. The van der Waals surface area contributed by atoms with Gasteiger partial charge in [-0.05, 0) is 91.9 Å². The fourth-order valence-corrected chi connectivity index (χ4v) is 3.07. The van der Waals surface area contributed by atoms with Gasteiger partial charge in [-0.1, -0.05) is 31.9 Å². The van der Waals surface area contributed by atoms with Crippen LogP contribution in [0.25, 0.3) is 0 Å². The molecule has 0 radical (unpaired) electrons. The van der Waals surface area contributed by atoms with E-state index in [4.69, 9.17) is 18.9 Å². The van der Waals surface area contributed by atoms with Crippen molar-refractivity contribution in [3.05, 3.63) is 0 Å². The van der Waals surface area contributed by atoms with Crippen LogP contribution < -0.4 is 0 Å². The number of alkyl halides is 2. The molecule has 0 aliphatic carbocycles. The first-order chi connectivity index (χ1) is 16.8. The highest BCUT2D eigenvalue weighted by molar-refractivity contribution is 9.10. The van der Waals surface area contributed by atoms with Crippen molar-refractivity contribution in [1.29, 1.82) is 0 Å². The van der Waals surface area contributed by atoms with Gasteiger partial charge in [0.25, 0.3) is 0 Å². The number of halogens is 2. The highest BCUT2D eigenvalue weighted by Crippen LogP contribution is 2.18. The second kappa shape index (κ2) is 19.9. The number of carbonyl (C=O) groups excluding carboxylic acids is 4. The Balaban J connectivity index is 3.47. The van der Waals surface area contributed by atoms with Gasteiger partial charge in [0.05, 0.1) is 26.4 Å². The first-order valence-corrected chi connectivity index (χ1v) is 14.5. The maximum atomic E-state index is 11.8. The van der Waals surface area contributed by atoms with Crippen LogP contribution >= 0.6 is 31.9 Å². The summed E-state index contributed by atoms with van der Waals surface area (Å²) in [5.41, 5.74) is 0. The minimum Gasteiger partial charge on any atom is -0.466 e. The van der Waals surface area contributed by atoms with Gasteiger partial charge in [0.1, 0.15) is 8.65 Å².